The van der Waals surface area contributed by atoms with Crippen LogP contribution in [0.3, 0.4) is 0 Å². The number of hydrogen-bond acceptors (Lipinski definition) is 4. The second-order valence-electron chi connectivity index (χ2n) is 5.71. The maximum absolute atomic E-state index is 12.4. The number of para-hydroxylation sites is 1. The van der Waals surface area contributed by atoms with Gasteiger partial charge >= 0.3 is 5.97 Å². The van der Waals surface area contributed by atoms with E-state index in [0.29, 0.717) is 29.2 Å². The number of esters is 1. The molecule has 0 spiro atoms. The number of hydrogen-bond donors (Lipinski definition) is 1. The van der Waals surface area contributed by atoms with Gasteiger partial charge in [0.1, 0.15) is 5.75 Å². The minimum atomic E-state index is -0.674. The molecule has 1 unspecified atom stereocenters. The lowest BCUT2D eigenvalue weighted by Crippen LogP contribution is -2.30. The van der Waals surface area contributed by atoms with Crippen LogP contribution >= 0.6 is 0 Å². The molecule has 5 heteroatoms. The summed E-state index contributed by atoms with van der Waals surface area (Å²) in [6.07, 6.45) is -0.674. The van der Waals surface area contributed by atoms with Crippen molar-refractivity contribution in [3.63, 3.8) is 0 Å². The van der Waals surface area contributed by atoms with Gasteiger partial charge < -0.3 is 14.8 Å². The number of nitrogens with one attached hydrogen (secondary N) is 1. The van der Waals surface area contributed by atoms with Crippen molar-refractivity contribution >= 4 is 17.6 Å². The summed E-state index contributed by atoms with van der Waals surface area (Å²) in [5.41, 5.74) is 2.63. The normalized spacial score (nSPS) is 11.5. The third-order valence-electron chi connectivity index (χ3n) is 3.85. The molecule has 1 amide bonds. The summed E-state index contributed by atoms with van der Waals surface area (Å²) in [5.74, 6) is -0.0187. The molecule has 0 aliphatic heterocycles. The van der Waals surface area contributed by atoms with Crippen molar-refractivity contribution in [1.82, 2.24) is 0 Å². The Morgan fingerprint density at radius 3 is 2.48 bits per heavy atom. The fourth-order valence-electron chi connectivity index (χ4n) is 2.37. The van der Waals surface area contributed by atoms with E-state index in [4.69, 9.17) is 9.47 Å². The first-order chi connectivity index (χ1) is 11.9. The van der Waals surface area contributed by atoms with E-state index in [-0.39, 0.29) is 5.91 Å². The first-order valence-corrected chi connectivity index (χ1v) is 8.24. The Kier molecular flexibility index (Phi) is 6.17. The summed E-state index contributed by atoms with van der Waals surface area (Å²) < 4.78 is 10.8. The number of carbonyl (C=O) groups is 2. The first-order valence-electron chi connectivity index (χ1n) is 8.24. The molecule has 0 saturated heterocycles. The van der Waals surface area contributed by atoms with E-state index in [9.17, 15) is 9.59 Å². The van der Waals surface area contributed by atoms with Gasteiger partial charge in [0.15, 0.2) is 6.10 Å². The smallest absolute Gasteiger partial charge is 0.338 e. The lowest BCUT2D eigenvalue weighted by Gasteiger charge is -2.17. The monoisotopic (exact) mass is 341 g/mol. The molecular formula is C20H23NO4. The Hall–Kier alpha value is -2.82. The summed E-state index contributed by atoms with van der Waals surface area (Å²) in [6.45, 7) is 7.44. The molecular weight excluding hydrogens is 318 g/mol. The second kappa shape index (κ2) is 8.33. The van der Waals surface area contributed by atoms with Gasteiger partial charge in [-0.25, -0.2) is 4.79 Å². The zero-order chi connectivity index (χ0) is 18.4. The van der Waals surface area contributed by atoms with Gasteiger partial charge in [-0.1, -0.05) is 24.3 Å². The highest BCUT2D eigenvalue weighted by atomic mass is 16.5. The van der Waals surface area contributed by atoms with Gasteiger partial charge in [-0.3, -0.25) is 4.79 Å². The quantitative estimate of drug-likeness (QED) is 0.810. The molecule has 0 bridgehead atoms. The topological polar surface area (TPSA) is 64.6 Å². The fourth-order valence-corrected chi connectivity index (χ4v) is 2.37. The van der Waals surface area contributed by atoms with Crippen LogP contribution in [-0.2, 0) is 9.53 Å². The molecule has 2 rings (SSSR count). The molecule has 25 heavy (non-hydrogen) atoms. The first kappa shape index (κ1) is 18.5. The largest absolute Gasteiger partial charge is 0.481 e. The van der Waals surface area contributed by atoms with Gasteiger partial charge in [0, 0.05) is 5.69 Å². The minimum Gasteiger partial charge on any atom is -0.481 e. The molecule has 0 fully saturated rings. The molecule has 0 aliphatic carbocycles. The minimum absolute atomic E-state index is 0.285. The summed E-state index contributed by atoms with van der Waals surface area (Å²) in [6, 6.07) is 12.7. The fraction of sp³-hybridized carbons (Fsp3) is 0.300. The number of benzene rings is 2. The van der Waals surface area contributed by atoms with Crippen LogP contribution in [0.1, 0.15) is 35.3 Å². The van der Waals surface area contributed by atoms with Crippen molar-refractivity contribution in [1.29, 1.82) is 0 Å². The molecule has 2 aromatic carbocycles. The molecule has 1 N–H and O–H groups in total. The van der Waals surface area contributed by atoms with Crippen molar-refractivity contribution in [2.24, 2.45) is 0 Å². The van der Waals surface area contributed by atoms with Gasteiger partial charge in [0.25, 0.3) is 5.91 Å². The van der Waals surface area contributed by atoms with Crippen molar-refractivity contribution in [3.8, 4) is 5.75 Å². The van der Waals surface area contributed by atoms with Crippen LogP contribution in [0.4, 0.5) is 5.69 Å². The Morgan fingerprint density at radius 2 is 1.80 bits per heavy atom. The molecule has 0 radical (unpaired) electrons. The van der Waals surface area contributed by atoms with E-state index in [1.807, 2.05) is 31.2 Å². The van der Waals surface area contributed by atoms with Gasteiger partial charge in [-0.15, -0.1) is 0 Å². The third-order valence-corrected chi connectivity index (χ3v) is 3.85. The van der Waals surface area contributed by atoms with Crippen LogP contribution in [0.2, 0.25) is 0 Å². The van der Waals surface area contributed by atoms with Crippen LogP contribution in [0.5, 0.6) is 5.75 Å². The van der Waals surface area contributed by atoms with Crippen LogP contribution in [0.25, 0.3) is 0 Å². The van der Waals surface area contributed by atoms with E-state index in [1.54, 1.807) is 39.0 Å². The molecule has 5 nitrogen and oxygen atoms in total. The highest BCUT2D eigenvalue weighted by Gasteiger charge is 2.18. The molecule has 0 saturated carbocycles. The highest BCUT2D eigenvalue weighted by Crippen LogP contribution is 2.21. The average molecular weight is 341 g/mol. The van der Waals surface area contributed by atoms with Gasteiger partial charge in [-0.2, -0.15) is 0 Å². The van der Waals surface area contributed by atoms with Crippen molar-refractivity contribution < 1.29 is 19.1 Å². The Labute approximate surface area is 148 Å². The van der Waals surface area contributed by atoms with Crippen LogP contribution in [0.15, 0.2) is 42.5 Å². The lowest BCUT2D eigenvalue weighted by molar-refractivity contribution is -0.122. The third kappa shape index (κ3) is 4.59. The number of aryl methyl sites for hydroxylation is 1. The van der Waals surface area contributed by atoms with Gasteiger partial charge in [-0.05, 0) is 57.0 Å². The lowest BCUT2D eigenvalue weighted by atomic mass is 10.1. The number of anilines is 1. The highest BCUT2D eigenvalue weighted by molar-refractivity contribution is 5.98. The number of rotatable bonds is 6. The number of ether oxygens (including phenoxy) is 2. The maximum atomic E-state index is 12.4. The summed E-state index contributed by atoms with van der Waals surface area (Å²) >= 11 is 0. The molecule has 1 atom stereocenters. The summed E-state index contributed by atoms with van der Waals surface area (Å²) in [4.78, 5) is 24.4. The molecule has 0 aliphatic rings. The Balaban J connectivity index is 2.11. The Bertz CT molecular complexity index is 770. The van der Waals surface area contributed by atoms with Crippen LogP contribution in [0, 0.1) is 13.8 Å². The number of carbonyl (C=O) groups excluding carboxylic acids is 2. The molecule has 0 heterocycles. The van der Waals surface area contributed by atoms with Crippen molar-refractivity contribution in [2.45, 2.75) is 33.8 Å². The maximum Gasteiger partial charge on any atom is 0.338 e. The SMILES string of the molecule is CCOC(=O)c1cccc(NC(=O)C(C)Oc2ccccc2C)c1C. The average Bonchev–Trinajstić information content (AvgIpc) is 2.58. The predicted octanol–water partition coefficient (Wildman–Crippen LogP) is 3.89. The molecule has 132 valence electrons. The zero-order valence-electron chi connectivity index (χ0n) is 15.0. The van der Waals surface area contributed by atoms with Crippen LogP contribution in [-0.4, -0.2) is 24.6 Å². The summed E-state index contributed by atoms with van der Waals surface area (Å²) in [5, 5.41) is 2.82. The van der Waals surface area contributed by atoms with E-state index in [0.717, 1.165) is 5.56 Å². The second-order valence-corrected chi connectivity index (χ2v) is 5.71. The molecule has 0 aromatic heterocycles. The summed E-state index contributed by atoms with van der Waals surface area (Å²) in [7, 11) is 0. The Morgan fingerprint density at radius 1 is 1.08 bits per heavy atom. The van der Waals surface area contributed by atoms with E-state index in [2.05, 4.69) is 5.32 Å². The van der Waals surface area contributed by atoms with Gasteiger partial charge in [0.2, 0.25) is 0 Å². The van der Waals surface area contributed by atoms with Crippen LogP contribution < -0.4 is 10.1 Å². The molecule has 2 aromatic rings. The van der Waals surface area contributed by atoms with E-state index >= 15 is 0 Å². The predicted molar refractivity (Wildman–Crippen MR) is 97.0 cm³/mol. The standard InChI is InChI=1S/C20H23NO4/c1-5-24-20(23)16-10-8-11-17(14(16)3)21-19(22)15(4)25-18-12-7-6-9-13(18)2/h6-12,15H,5H2,1-4H3,(H,21,22). The van der Waals surface area contributed by atoms with Crippen molar-refractivity contribution in [2.75, 3.05) is 11.9 Å². The van der Waals surface area contributed by atoms with E-state index in [1.165, 1.54) is 0 Å². The number of amides is 1. The van der Waals surface area contributed by atoms with E-state index < -0.39 is 12.1 Å². The van der Waals surface area contributed by atoms with Crippen molar-refractivity contribution in [3.05, 3.63) is 59.2 Å². The van der Waals surface area contributed by atoms with Gasteiger partial charge in [0.05, 0.1) is 12.2 Å². The zero-order valence-corrected chi connectivity index (χ0v) is 15.0.